The molecule has 0 saturated carbocycles. The van der Waals surface area contributed by atoms with Gasteiger partial charge in [-0.1, -0.05) is 0 Å². The zero-order valence-electron chi connectivity index (χ0n) is 11.2. The van der Waals surface area contributed by atoms with E-state index in [2.05, 4.69) is 9.82 Å². The molecule has 1 aliphatic heterocycles. The van der Waals surface area contributed by atoms with Crippen LogP contribution in [0.2, 0.25) is 0 Å². The van der Waals surface area contributed by atoms with Crippen molar-refractivity contribution in [3.05, 3.63) is 24.4 Å². The van der Waals surface area contributed by atoms with Gasteiger partial charge in [-0.3, -0.25) is 9.40 Å². The van der Waals surface area contributed by atoms with Crippen LogP contribution < -0.4 is 19.9 Å². The number of ether oxygens (including phenoxy) is 2. The molecule has 0 aliphatic carbocycles. The molecule has 0 fully saturated rings. The summed E-state index contributed by atoms with van der Waals surface area (Å²) in [7, 11) is -2.19. The SMILES string of the molecule is Cn1ncc(N)c1NS(=O)(=O)c1ccc2c(c1)OCCO2. The first-order chi connectivity index (χ1) is 9.97. The molecule has 0 bridgehead atoms. The fraction of sp³-hybridized carbons (Fsp3) is 0.250. The van der Waals surface area contributed by atoms with Gasteiger partial charge in [0.25, 0.3) is 10.0 Å². The molecule has 1 aromatic carbocycles. The Bertz CT molecular complexity index is 765. The number of benzene rings is 1. The van der Waals surface area contributed by atoms with Crippen molar-refractivity contribution < 1.29 is 17.9 Å². The quantitative estimate of drug-likeness (QED) is 0.858. The van der Waals surface area contributed by atoms with Crippen molar-refractivity contribution in [1.29, 1.82) is 0 Å². The molecule has 9 heteroatoms. The molecule has 2 aromatic rings. The second-order valence-corrected chi connectivity index (χ2v) is 6.17. The molecule has 0 atom stereocenters. The molecule has 0 saturated heterocycles. The Hall–Kier alpha value is -2.42. The molecule has 8 nitrogen and oxygen atoms in total. The van der Waals surface area contributed by atoms with Gasteiger partial charge in [0.2, 0.25) is 0 Å². The maximum atomic E-state index is 12.4. The van der Waals surface area contributed by atoms with Crippen LogP contribution in [0, 0.1) is 0 Å². The number of nitrogens with two attached hydrogens (primary N) is 1. The highest BCUT2D eigenvalue weighted by molar-refractivity contribution is 7.92. The number of rotatable bonds is 3. The zero-order chi connectivity index (χ0) is 15.0. The van der Waals surface area contributed by atoms with E-state index >= 15 is 0 Å². The minimum Gasteiger partial charge on any atom is -0.486 e. The molecule has 1 aromatic heterocycles. The Morgan fingerprint density at radius 3 is 2.67 bits per heavy atom. The van der Waals surface area contributed by atoms with Crippen LogP contribution in [-0.2, 0) is 17.1 Å². The first-order valence-electron chi connectivity index (χ1n) is 6.17. The minimum absolute atomic E-state index is 0.0624. The molecule has 3 rings (SSSR count). The van der Waals surface area contributed by atoms with Gasteiger partial charge in [-0.2, -0.15) is 5.10 Å². The summed E-state index contributed by atoms with van der Waals surface area (Å²) in [5, 5.41) is 3.88. The summed E-state index contributed by atoms with van der Waals surface area (Å²) in [6.07, 6.45) is 1.38. The maximum Gasteiger partial charge on any atom is 0.263 e. The third-order valence-corrected chi connectivity index (χ3v) is 4.36. The van der Waals surface area contributed by atoms with E-state index in [0.29, 0.717) is 24.7 Å². The van der Waals surface area contributed by atoms with E-state index in [1.807, 2.05) is 0 Å². The fourth-order valence-electron chi connectivity index (χ4n) is 1.96. The molecule has 0 amide bonds. The number of aromatic nitrogens is 2. The Labute approximate surface area is 121 Å². The molecule has 0 radical (unpaired) electrons. The number of hydrogen-bond acceptors (Lipinski definition) is 6. The van der Waals surface area contributed by atoms with E-state index in [9.17, 15) is 8.42 Å². The van der Waals surface area contributed by atoms with E-state index in [1.54, 1.807) is 13.1 Å². The van der Waals surface area contributed by atoms with Gasteiger partial charge in [0.05, 0.1) is 16.8 Å². The van der Waals surface area contributed by atoms with E-state index in [1.165, 1.54) is 23.0 Å². The third-order valence-electron chi connectivity index (χ3n) is 3.02. The fourth-order valence-corrected chi connectivity index (χ4v) is 3.09. The average Bonchev–Trinajstić information content (AvgIpc) is 2.78. The van der Waals surface area contributed by atoms with E-state index in [0.717, 1.165) is 0 Å². The lowest BCUT2D eigenvalue weighted by Crippen LogP contribution is -2.18. The molecule has 2 heterocycles. The number of nitrogen functional groups attached to an aromatic ring is 1. The summed E-state index contributed by atoms with van der Waals surface area (Å²) in [6, 6.07) is 4.43. The number of fused-ring (bicyclic) bond motifs is 1. The Kier molecular flexibility index (Phi) is 3.13. The second kappa shape index (κ2) is 4.85. The highest BCUT2D eigenvalue weighted by Crippen LogP contribution is 2.33. The van der Waals surface area contributed by atoms with Gasteiger partial charge < -0.3 is 15.2 Å². The molecule has 0 unspecified atom stereocenters. The Morgan fingerprint density at radius 2 is 2.00 bits per heavy atom. The predicted octanol–water partition coefficient (Wildman–Crippen LogP) is 0.574. The maximum absolute atomic E-state index is 12.4. The van der Waals surface area contributed by atoms with Crippen molar-refractivity contribution in [2.75, 3.05) is 23.7 Å². The van der Waals surface area contributed by atoms with Gasteiger partial charge in [-0.25, -0.2) is 8.42 Å². The number of aryl methyl sites for hydroxylation is 1. The third kappa shape index (κ3) is 2.47. The van der Waals surface area contributed by atoms with Crippen LogP contribution in [0.15, 0.2) is 29.3 Å². The largest absolute Gasteiger partial charge is 0.486 e. The van der Waals surface area contributed by atoms with E-state index < -0.39 is 10.0 Å². The Morgan fingerprint density at radius 1 is 1.29 bits per heavy atom. The lowest BCUT2D eigenvalue weighted by Gasteiger charge is -2.19. The summed E-state index contributed by atoms with van der Waals surface area (Å²) in [4.78, 5) is 0.0624. The van der Waals surface area contributed by atoms with Gasteiger partial charge in [-0.15, -0.1) is 0 Å². The highest BCUT2D eigenvalue weighted by atomic mass is 32.2. The van der Waals surface area contributed by atoms with Crippen molar-refractivity contribution in [3.8, 4) is 11.5 Å². The van der Waals surface area contributed by atoms with Gasteiger partial charge >= 0.3 is 0 Å². The van der Waals surface area contributed by atoms with Crippen molar-refractivity contribution in [1.82, 2.24) is 9.78 Å². The molecule has 0 spiro atoms. The first kappa shape index (κ1) is 13.6. The zero-order valence-corrected chi connectivity index (χ0v) is 12.1. The number of sulfonamides is 1. The van der Waals surface area contributed by atoms with Gasteiger partial charge in [0, 0.05) is 13.1 Å². The first-order valence-corrected chi connectivity index (χ1v) is 7.65. The van der Waals surface area contributed by atoms with Crippen molar-refractivity contribution in [2.24, 2.45) is 7.05 Å². The van der Waals surface area contributed by atoms with Crippen LogP contribution in [-0.4, -0.2) is 31.4 Å². The smallest absolute Gasteiger partial charge is 0.263 e. The average molecular weight is 310 g/mol. The standard InChI is InChI=1S/C12H14N4O4S/c1-16-12(9(13)7-14-16)15-21(17,18)8-2-3-10-11(6-8)20-5-4-19-10/h2-3,6-7,15H,4-5,13H2,1H3. The number of hydrogen-bond donors (Lipinski definition) is 2. The highest BCUT2D eigenvalue weighted by Gasteiger charge is 2.21. The number of nitrogens with one attached hydrogen (secondary N) is 1. The topological polar surface area (TPSA) is 108 Å². The van der Waals surface area contributed by atoms with Crippen LogP contribution in [0.1, 0.15) is 0 Å². The van der Waals surface area contributed by atoms with Gasteiger partial charge in [0.1, 0.15) is 13.2 Å². The minimum atomic E-state index is -3.79. The van der Waals surface area contributed by atoms with Crippen molar-refractivity contribution >= 4 is 21.5 Å². The molecular weight excluding hydrogens is 296 g/mol. The monoisotopic (exact) mass is 310 g/mol. The van der Waals surface area contributed by atoms with Gasteiger partial charge in [0.15, 0.2) is 17.3 Å². The number of nitrogens with zero attached hydrogens (tertiary/aromatic N) is 2. The lowest BCUT2D eigenvalue weighted by atomic mass is 10.3. The van der Waals surface area contributed by atoms with E-state index in [-0.39, 0.29) is 16.4 Å². The molecule has 3 N–H and O–H groups in total. The van der Waals surface area contributed by atoms with Gasteiger partial charge in [-0.05, 0) is 12.1 Å². The molecular formula is C12H14N4O4S. The summed E-state index contributed by atoms with van der Waals surface area (Å²) in [5.41, 5.74) is 5.93. The molecule has 1 aliphatic rings. The molecule has 112 valence electrons. The van der Waals surface area contributed by atoms with Crippen molar-refractivity contribution in [2.45, 2.75) is 4.90 Å². The van der Waals surface area contributed by atoms with Crippen LogP contribution >= 0.6 is 0 Å². The summed E-state index contributed by atoms with van der Waals surface area (Å²) < 4.78 is 39.3. The molecule has 21 heavy (non-hydrogen) atoms. The van der Waals surface area contributed by atoms with Crippen LogP contribution in [0.3, 0.4) is 0 Å². The predicted molar refractivity (Wildman–Crippen MR) is 75.9 cm³/mol. The summed E-state index contributed by atoms with van der Waals surface area (Å²) >= 11 is 0. The van der Waals surface area contributed by atoms with Crippen molar-refractivity contribution in [3.63, 3.8) is 0 Å². The van der Waals surface area contributed by atoms with Crippen LogP contribution in [0.5, 0.6) is 11.5 Å². The Balaban J connectivity index is 1.95. The lowest BCUT2D eigenvalue weighted by molar-refractivity contribution is 0.171. The second-order valence-electron chi connectivity index (χ2n) is 4.48. The summed E-state index contributed by atoms with van der Waals surface area (Å²) in [6.45, 7) is 0.835. The summed E-state index contributed by atoms with van der Waals surface area (Å²) in [5.74, 6) is 1.15. The van der Waals surface area contributed by atoms with E-state index in [4.69, 9.17) is 15.2 Å². The van der Waals surface area contributed by atoms with Crippen LogP contribution in [0.4, 0.5) is 11.5 Å². The normalized spacial score (nSPS) is 14.0. The van der Waals surface area contributed by atoms with Crippen LogP contribution in [0.25, 0.3) is 0 Å². The number of anilines is 2.